The molecule has 2 aromatic carbocycles. The number of carbonyl (C=O) groups excluding carboxylic acids is 4. The first-order valence-electron chi connectivity index (χ1n) is 17.6. The van der Waals surface area contributed by atoms with Crippen molar-refractivity contribution >= 4 is 50.9 Å². The molecule has 5 amide bonds. The number of benzene rings is 2. The molecule has 0 radical (unpaired) electrons. The molecule has 1 atom stereocenters. The number of rotatable bonds is 7. The van der Waals surface area contributed by atoms with E-state index in [0.717, 1.165) is 52.8 Å². The molecular weight excluding hydrogens is 625 g/mol. The molecule has 0 bridgehead atoms. The van der Waals surface area contributed by atoms with Gasteiger partial charge in [0.2, 0.25) is 11.8 Å². The Labute approximate surface area is 286 Å². The highest BCUT2D eigenvalue weighted by molar-refractivity contribution is 7.21. The summed E-state index contributed by atoms with van der Waals surface area (Å²) < 4.78 is 1.02. The number of hydrogen-bond donors (Lipinski definition) is 2. The molecule has 3 aromatic rings. The van der Waals surface area contributed by atoms with Crippen LogP contribution in [0.3, 0.4) is 0 Å². The number of anilines is 1. The van der Waals surface area contributed by atoms with Crippen molar-refractivity contribution in [3.05, 3.63) is 64.5 Å². The zero-order valence-corrected chi connectivity index (χ0v) is 28.6. The maximum Gasteiger partial charge on any atom is 0.322 e. The minimum Gasteiger partial charge on any atom is -0.342 e. The second-order valence-electron chi connectivity index (χ2n) is 13.8. The van der Waals surface area contributed by atoms with E-state index in [9.17, 15) is 19.2 Å². The lowest BCUT2D eigenvalue weighted by molar-refractivity contribution is -0.140. The van der Waals surface area contributed by atoms with Gasteiger partial charge in [0.05, 0.1) is 11.3 Å². The molecule has 4 aliphatic heterocycles. The fraction of sp³-hybridized carbons (Fsp3) is 0.514. The Bertz CT molecular complexity index is 1670. The van der Waals surface area contributed by atoms with E-state index in [0.29, 0.717) is 56.5 Å². The number of aryl methyl sites for hydroxylation is 1. The van der Waals surface area contributed by atoms with E-state index in [4.69, 9.17) is 0 Å². The average molecular weight is 671 g/mol. The van der Waals surface area contributed by atoms with E-state index in [1.54, 1.807) is 4.90 Å². The number of urea groups is 1. The predicted molar refractivity (Wildman–Crippen MR) is 188 cm³/mol. The van der Waals surface area contributed by atoms with Gasteiger partial charge in [-0.2, -0.15) is 0 Å². The fourth-order valence-corrected chi connectivity index (χ4v) is 9.13. The molecule has 7 rings (SSSR count). The van der Waals surface area contributed by atoms with Crippen molar-refractivity contribution in [2.24, 2.45) is 0 Å². The van der Waals surface area contributed by atoms with Gasteiger partial charge in [-0.25, -0.2) is 4.79 Å². The van der Waals surface area contributed by atoms with Crippen molar-refractivity contribution in [2.45, 2.75) is 83.0 Å². The number of nitrogens with zero attached hydrogens (tertiary/aromatic N) is 4. The summed E-state index contributed by atoms with van der Waals surface area (Å²) >= 11 is 1.42. The summed E-state index contributed by atoms with van der Waals surface area (Å²) in [5.41, 5.74) is 2.83. The first kappa shape index (κ1) is 32.6. The maximum atomic E-state index is 14.1. The SMILES string of the molecule is Cc1c(C(=O)N[C@@H](CC(=O)N2CCC(N3Cc4ccccc4NC3=O)CC2)C(=O)N2CCC(N3CCCCC3)CC2)sc2ccccc12. The highest BCUT2D eigenvalue weighted by Crippen LogP contribution is 2.31. The van der Waals surface area contributed by atoms with Crippen molar-refractivity contribution in [2.75, 3.05) is 44.6 Å². The van der Waals surface area contributed by atoms with Crippen LogP contribution >= 0.6 is 11.3 Å². The van der Waals surface area contributed by atoms with Crippen LogP contribution in [-0.2, 0) is 16.1 Å². The van der Waals surface area contributed by atoms with Crippen molar-refractivity contribution in [3.8, 4) is 0 Å². The second-order valence-corrected chi connectivity index (χ2v) is 14.8. The van der Waals surface area contributed by atoms with Gasteiger partial charge in [-0.15, -0.1) is 11.3 Å². The number of piperidine rings is 3. The lowest BCUT2D eigenvalue weighted by atomic mass is 9.98. The van der Waals surface area contributed by atoms with Crippen LogP contribution < -0.4 is 10.6 Å². The third kappa shape index (κ3) is 6.80. The minimum atomic E-state index is -0.941. The molecule has 3 fully saturated rings. The number of thiophene rings is 1. The minimum absolute atomic E-state index is 0.0247. The summed E-state index contributed by atoms with van der Waals surface area (Å²) in [4.78, 5) is 63.2. The third-order valence-electron chi connectivity index (χ3n) is 10.8. The highest BCUT2D eigenvalue weighted by Gasteiger charge is 2.37. The normalized spacial score (nSPS) is 20.4. The lowest BCUT2D eigenvalue weighted by Crippen LogP contribution is -2.55. The topological polar surface area (TPSA) is 105 Å². The van der Waals surface area contributed by atoms with Gasteiger partial charge in [-0.1, -0.05) is 42.8 Å². The van der Waals surface area contributed by atoms with Crippen LogP contribution in [-0.4, -0.2) is 101 Å². The molecule has 10 nitrogen and oxygen atoms in total. The summed E-state index contributed by atoms with van der Waals surface area (Å²) in [5, 5.41) is 7.04. The van der Waals surface area contributed by atoms with Crippen LogP contribution in [0.5, 0.6) is 0 Å². The molecule has 2 N–H and O–H groups in total. The highest BCUT2D eigenvalue weighted by atomic mass is 32.1. The fourth-order valence-electron chi connectivity index (χ4n) is 8.02. The molecule has 5 heterocycles. The Morgan fingerprint density at radius 1 is 0.854 bits per heavy atom. The van der Waals surface area contributed by atoms with Gasteiger partial charge in [0.25, 0.3) is 5.91 Å². The van der Waals surface area contributed by atoms with Crippen LogP contribution in [0.2, 0.25) is 0 Å². The van der Waals surface area contributed by atoms with Crippen LogP contribution in [0.4, 0.5) is 10.5 Å². The molecule has 11 heteroatoms. The molecule has 3 saturated heterocycles. The summed E-state index contributed by atoms with van der Waals surface area (Å²) in [6.45, 7) is 7.02. The maximum absolute atomic E-state index is 14.1. The van der Waals surface area contributed by atoms with Gasteiger partial charge in [-0.3, -0.25) is 14.4 Å². The Hall–Kier alpha value is -3.96. The second kappa shape index (κ2) is 14.3. The number of amides is 5. The predicted octanol–water partition coefficient (Wildman–Crippen LogP) is 5.21. The van der Waals surface area contributed by atoms with Crippen LogP contribution in [0.1, 0.15) is 72.2 Å². The lowest BCUT2D eigenvalue weighted by Gasteiger charge is -2.41. The monoisotopic (exact) mass is 670 g/mol. The van der Waals surface area contributed by atoms with Gasteiger partial charge >= 0.3 is 6.03 Å². The van der Waals surface area contributed by atoms with Crippen molar-refractivity contribution in [1.82, 2.24) is 24.9 Å². The van der Waals surface area contributed by atoms with Gasteiger partial charge in [0.15, 0.2) is 0 Å². The van der Waals surface area contributed by atoms with E-state index < -0.39 is 6.04 Å². The third-order valence-corrected chi connectivity index (χ3v) is 12.1. The zero-order chi connectivity index (χ0) is 33.2. The largest absolute Gasteiger partial charge is 0.342 e. The molecule has 0 unspecified atom stereocenters. The Kier molecular flexibility index (Phi) is 9.68. The standard InChI is InChI=1S/C37H46N6O4S/c1-25-29-10-4-6-12-32(29)48-34(25)35(45)38-31(36(46)42-21-13-27(14-22-42)40-17-7-2-8-18-40)23-33(44)41-19-15-28(16-20-41)43-24-26-9-3-5-11-30(26)39-37(43)47/h3-6,9-12,27-28,31H,2,7-8,13-24H2,1H3,(H,38,45)(H,39,47)/t31-/m0/s1. The molecular formula is C37H46N6O4S. The molecule has 0 spiro atoms. The Balaban J connectivity index is 1.01. The molecule has 4 aliphatic rings. The smallest absolute Gasteiger partial charge is 0.322 e. The van der Waals surface area contributed by atoms with E-state index in [-0.39, 0.29) is 36.2 Å². The van der Waals surface area contributed by atoms with Crippen LogP contribution in [0, 0.1) is 6.92 Å². The summed E-state index contributed by atoms with van der Waals surface area (Å²) in [7, 11) is 0. The van der Waals surface area contributed by atoms with Crippen molar-refractivity contribution < 1.29 is 19.2 Å². The van der Waals surface area contributed by atoms with Gasteiger partial charge < -0.3 is 30.2 Å². The quantitative estimate of drug-likeness (QED) is 0.359. The molecule has 48 heavy (non-hydrogen) atoms. The molecule has 0 aliphatic carbocycles. The summed E-state index contributed by atoms with van der Waals surface area (Å²) in [6, 6.07) is 15.2. The molecule has 0 saturated carbocycles. The number of carbonyl (C=O) groups is 4. The van der Waals surface area contributed by atoms with Crippen molar-refractivity contribution in [1.29, 1.82) is 0 Å². The zero-order valence-electron chi connectivity index (χ0n) is 27.8. The van der Waals surface area contributed by atoms with E-state index in [2.05, 4.69) is 15.5 Å². The Morgan fingerprint density at radius 3 is 2.27 bits per heavy atom. The van der Waals surface area contributed by atoms with Gasteiger partial charge in [0.1, 0.15) is 6.04 Å². The number of nitrogens with one attached hydrogen (secondary N) is 2. The van der Waals surface area contributed by atoms with E-state index in [1.165, 1.54) is 30.6 Å². The average Bonchev–Trinajstić information content (AvgIpc) is 3.47. The first-order valence-corrected chi connectivity index (χ1v) is 18.4. The summed E-state index contributed by atoms with van der Waals surface area (Å²) in [5.74, 6) is -0.624. The van der Waals surface area contributed by atoms with Gasteiger partial charge in [0, 0.05) is 55.2 Å². The van der Waals surface area contributed by atoms with E-state index >= 15 is 0 Å². The summed E-state index contributed by atoms with van der Waals surface area (Å²) in [6.07, 6.45) is 6.85. The van der Waals surface area contributed by atoms with Crippen molar-refractivity contribution in [3.63, 3.8) is 0 Å². The van der Waals surface area contributed by atoms with Crippen LogP contribution in [0.15, 0.2) is 48.5 Å². The number of likely N-dealkylation sites (tertiary alicyclic amines) is 3. The number of para-hydroxylation sites is 1. The Morgan fingerprint density at radius 2 is 1.52 bits per heavy atom. The van der Waals surface area contributed by atoms with Crippen LogP contribution in [0.25, 0.3) is 10.1 Å². The first-order chi connectivity index (χ1) is 23.4. The van der Waals surface area contributed by atoms with Gasteiger partial charge in [-0.05, 0) is 87.2 Å². The number of hydrogen-bond acceptors (Lipinski definition) is 6. The van der Waals surface area contributed by atoms with E-state index in [1.807, 2.05) is 65.3 Å². The molecule has 254 valence electrons. The number of fused-ring (bicyclic) bond motifs is 2. The molecule has 1 aromatic heterocycles.